The van der Waals surface area contributed by atoms with Crippen LogP contribution in [0.3, 0.4) is 0 Å². The van der Waals surface area contributed by atoms with Crippen molar-refractivity contribution in [3.05, 3.63) is 59.7 Å². The van der Waals surface area contributed by atoms with Gasteiger partial charge in [0.05, 0.1) is 6.61 Å². The lowest BCUT2D eigenvalue weighted by molar-refractivity contribution is 0.269. The number of rotatable bonds is 6. The molecule has 3 heteroatoms. The fourth-order valence-electron chi connectivity index (χ4n) is 1.93. The zero-order valence-electron chi connectivity index (χ0n) is 12.0. The number of nitrogens with two attached hydrogens (primary N) is 1. The summed E-state index contributed by atoms with van der Waals surface area (Å²) in [5.74, 6) is 1.50. The van der Waals surface area contributed by atoms with Crippen molar-refractivity contribution < 1.29 is 9.47 Å². The van der Waals surface area contributed by atoms with E-state index in [2.05, 4.69) is 0 Å². The van der Waals surface area contributed by atoms with Crippen LogP contribution in [0.15, 0.2) is 48.5 Å². The van der Waals surface area contributed by atoms with E-state index in [0.29, 0.717) is 13.2 Å². The molecule has 1 atom stereocenters. The topological polar surface area (TPSA) is 44.5 Å². The molecule has 0 aliphatic heterocycles. The van der Waals surface area contributed by atoms with E-state index in [-0.39, 0.29) is 6.04 Å². The van der Waals surface area contributed by atoms with Crippen molar-refractivity contribution in [2.75, 3.05) is 6.61 Å². The Morgan fingerprint density at radius 3 is 2.40 bits per heavy atom. The van der Waals surface area contributed by atoms with E-state index in [0.717, 1.165) is 22.6 Å². The number of hydrogen-bond acceptors (Lipinski definition) is 3. The van der Waals surface area contributed by atoms with E-state index in [9.17, 15) is 0 Å². The highest BCUT2D eigenvalue weighted by Gasteiger charge is 2.09. The molecule has 0 saturated carbocycles. The Balaban J connectivity index is 2.13. The fourth-order valence-corrected chi connectivity index (χ4v) is 1.93. The Labute approximate surface area is 120 Å². The molecular formula is C17H21NO2. The van der Waals surface area contributed by atoms with Crippen LogP contribution in [0.25, 0.3) is 0 Å². The van der Waals surface area contributed by atoms with Crippen molar-refractivity contribution in [2.24, 2.45) is 5.73 Å². The minimum Gasteiger partial charge on any atom is -0.490 e. The molecule has 0 fully saturated rings. The zero-order chi connectivity index (χ0) is 14.4. The van der Waals surface area contributed by atoms with Crippen LogP contribution in [0.2, 0.25) is 0 Å². The lowest BCUT2D eigenvalue weighted by atomic mass is 10.1. The first-order chi connectivity index (χ1) is 9.70. The van der Waals surface area contributed by atoms with Crippen molar-refractivity contribution in [1.29, 1.82) is 0 Å². The summed E-state index contributed by atoms with van der Waals surface area (Å²) in [6, 6.07) is 15.9. The molecule has 0 aliphatic carbocycles. The molecule has 0 amide bonds. The molecule has 2 N–H and O–H groups in total. The normalized spacial score (nSPS) is 11.9. The Hall–Kier alpha value is -2.00. The summed E-state index contributed by atoms with van der Waals surface area (Å²) in [5.41, 5.74) is 8.07. The lowest BCUT2D eigenvalue weighted by Gasteiger charge is -2.14. The van der Waals surface area contributed by atoms with Gasteiger partial charge in [-0.2, -0.15) is 0 Å². The van der Waals surface area contributed by atoms with Gasteiger partial charge in [-0.25, -0.2) is 0 Å². The molecule has 0 spiro atoms. The van der Waals surface area contributed by atoms with E-state index >= 15 is 0 Å². The first-order valence-electron chi connectivity index (χ1n) is 6.89. The molecule has 0 bridgehead atoms. The van der Waals surface area contributed by atoms with Gasteiger partial charge in [0.25, 0.3) is 0 Å². The molecule has 20 heavy (non-hydrogen) atoms. The molecule has 2 rings (SSSR count). The van der Waals surface area contributed by atoms with Gasteiger partial charge in [-0.05, 0) is 37.1 Å². The van der Waals surface area contributed by atoms with Gasteiger partial charge in [0.1, 0.15) is 6.61 Å². The van der Waals surface area contributed by atoms with E-state index in [1.807, 2.05) is 62.4 Å². The molecule has 0 saturated heterocycles. The number of ether oxygens (including phenoxy) is 2. The number of benzene rings is 2. The summed E-state index contributed by atoms with van der Waals surface area (Å²) in [5, 5.41) is 0. The Morgan fingerprint density at radius 2 is 1.75 bits per heavy atom. The zero-order valence-corrected chi connectivity index (χ0v) is 12.0. The standard InChI is InChI=1S/C17H21NO2/c1-3-19-17-11-15(13(2)18)9-10-16(17)20-12-14-7-5-4-6-8-14/h4-11,13H,3,12,18H2,1-2H3/t13-/m1/s1. The molecule has 2 aromatic carbocycles. The maximum absolute atomic E-state index is 5.90. The van der Waals surface area contributed by atoms with Gasteiger partial charge < -0.3 is 15.2 Å². The smallest absolute Gasteiger partial charge is 0.161 e. The summed E-state index contributed by atoms with van der Waals surface area (Å²) >= 11 is 0. The second-order valence-electron chi connectivity index (χ2n) is 4.70. The molecule has 0 aliphatic rings. The summed E-state index contributed by atoms with van der Waals surface area (Å²) in [4.78, 5) is 0. The maximum Gasteiger partial charge on any atom is 0.161 e. The van der Waals surface area contributed by atoms with Crippen LogP contribution < -0.4 is 15.2 Å². The highest BCUT2D eigenvalue weighted by Crippen LogP contribution is 2.30. The highest BCUT2D eigenvalue weighted by atomic mass is 16.5. The molecule has 106 valence electrons. The van der Waals surface area contributed by atoms with Crippen LogP contribution >= 0.6 is 0 Å². The molecule has 0 unspecified atom stereocenters. The number of hydrogen-bond donors (Lipinski definition) is 1. The second-order valence-corrected chi connectivity index (χ2v) is 4.70. The molecule has 0 radical (unpaired) electrons. The van der Waals surface area contributed by atoms with Gasteiger partial charge in [0, 0.05) is 6.04 Å². The van der Waals surface area contributed by atoms with Crippen LogP contribution in [-0.4, -0.2) is 6.61 Å². The van der Waals surface area contributed by atoms with Gasteiger partial charge in [0.15, 0.2) is 11.5 Å². The lowest BCUT2D eigenvalue weighted by Crippen LogP contribution is -2.06. The monoisotopic (exact) mass is 271 g/mol. The summed E-state index contributed by atoms with van der Waals surface area (Å²) in [6.45, 7) is 5.04. The minimum atomic E-state index is -0.0163. The quantitative estimate of drug-likeness (QED) is 0.871. The average molecular weight is 271 g/mol. The van der Waals surface area contributed by atoms with Crippen molar-refractivity contribution >= 4 is 0 Å². The molecular weight excluding hydrogens is 250 g/mol. The van der Waals surface area contributed by atoms with Crippen LogP contribution in [-0.2, 0) is 6.61 Å². The van der Waals surface area contributed by atoms with E-state index < -0.39 is 0 Å². The van der Waals surface area contributed by atoms with Crippen LogP contribution in [0.1, 0.15) is 31.0 Å². The molecule has 3 nitrogen and oxygen atoms in total. The minimum absolute atomic E-state index is 0.0163. The van der Waals surface area contributed by atoms with Crippen molar-refractivity contribution in [2.45, 2.75) is 26.5 Å². The van der Waals surface area contributed by atoms with Gasteiger partial charge in [-0.3, -0.25) is 0 Å². The van der Waals surface area contributed by atoms with Crippen LogP contribution in [0.4, 0.5) is 0 Å². The third kappa shape index (κ3) is 3.75. The highest BCUT2D eigenvalue weighted by molar-refractivity contribution is 5.44. The summed E-state index contributed by atoms with van der Waals surface area (Å²) in [6.07, 6.45) is 0. The Bertz CT molecular complexity index is 538. The Morgan fingerprint density at radius 1 is 1.00 bits per heavy atom. The molecule has 0 aromatic heterocycles. The van der Waals surface area contributed by atoms with Crippen molar-refractivity contribution in [1.82, 2.24) is 0 Å². The fraction of sp³-hybridized carbons (Fsp3) is 0.294. The third-order valence-corrected chi connectivity index (χ3v) is 3.03. The maximum atomic E-state index is 5.90. The van der Waals surface area contributed by atoms with E-state index in [1.165, 1.54) is 0 Å². The summed E-state index contributed by atoms with van der Waals surface area (Å²) < 4.78 is 11.5. The second kappa shape index (κ2) is 6.96. The molecule has 0 heterocycles. The van der Waals surface area contributed by atoms with Crippen molar-refractivity contribution in [3.8, 4) is 11.5 Å². The van der Waals surface area contributed by atoms with Gasteiger partial charge >= 0.3 is 0 Å². The van der Waals surface area contributed by atoms with Crippen LogP contribution in [0, 0.1) is 0 Å². The average Bonchev–Trinajstić information content (AvgIpc) is 2.47. The first-order valence-corrected chi connectivity index (χ1v) is 6.89. The van der Waals surface area contributed by atoms with Crippen LogP contribution in [0.5, 0.6) is 11.5 Å². The predicted octanol–water partition coefficient (Wildman–Crippen LogP) is 3.68. The Kier molecular flexibility index (Phi) is 5.02. The van der Waals surface area contributed by atoms with Gasteiger partial charge in [0.2, 0.25) is 0 Å². The van der Waals surface area contributed by atoms with Gasteiger partial charge in [-0.1, -0.05) is 36.4 Å². The van der Waals surface area contributed by atoms with E-state index in [4.69, 9.17) is 15.2 Å². The van der Waals surface area contributed by atoms with Gasteiger partial charge in [-0.15, -0.1) is 0 Å². The molecule has 2 aromatic rings. The first kappa shape index (κ1) is 14.4. The predicted molar refractivity (Wildman–Crippen MR) is 81.0 cm³/mol. The largest absolute Gasteiger partial charge is 0.490 e. The van der Waals surface area contributed by atoms with Crippen molar-refractivity contribution in [3.63, 3.8) is 0 Å². The summed E-state index contributed by atoms with van der Waals surface area (Å²) in [7, 11) is 0. The SMILES string of the molecule is CCOc1cc([C@@H](C)N)ccc1OCc1ccccc1. The van der Waals surface area contributed by atoms with E-state index in [1.54, 1.807) is 0 Å². The third-order valence-electron chi connectivity index (χ3n) is 3.03.